The number of likely N-dealkylation sites (N-methyl/N-ethyl adjacent to an activating group) is 1. The Hall–Kier alpha value is -1.55. The van der Waals surface area contributed by atoms with E-state index >= 15 is 0 Å². The number of anilines is 1. The van der Waals surface area contributed by atoms with Crippen molar-refractivity contribution < 1.29 is 4.79 Å². The highest BCUT2D eigenvalue weighted by molar-refractivity contribution is 6.35. The van der Waals surface area contributed by atoms with Crippen molar-refractivity contribution in [3.8, 4) is 0 Å². The first-order valence-corrected chi connectivity index (χ1v) is 7.27. The Balaban J connectivity index is 1.89. The number of benzene rings is 2. The summed E-state index contributed by atoms with van der Waals surface area (Å²) in [5, 5.41) is 3.78. The van der Waals surface area contributed by atoms with E-state index in [0.717, 1.165) is 0 Å². The zero-order valence-corrected chi connectivity index (χ0v) is 13.2. The second-order valence-corrected chi connectivity index (χ2v) is 5.74. The summed E-state index contributed by atoms with van der Waals surface area (Å²) in [6.07, 6.45) is 0. The highest BCUT2D eigenvalue weighted by Gasteiger charge is 2.08. The number of hydrogen-bond donors (Lipinski definition) is 1. The van der Waals surface area contributed by atoms with Gasteiger partial charge in [-0.1, -0.05) is 53.5 Å². The van der Waals surface area contributed by atoms with Gasteiger partial charge in [0.1, 0.15) is 0 Å². The molecule has 0 bridgehead atoms. The van der Waals surface area contributed by atoms with E-state index in [-0.39, 0.29) is 5.91 Å². The van der Waals surface area contributed by atoms with Gasteiger partial charge in [-0.25, -0.2) is 0 Å². The van der Waals surface area contributed by atoms with Gasteiger partial charge in [-0.2, -0.15) is 0 Å². The molecule has 2 aromatic rings. The fourth-order valence-corrected chi connectivity index (χ4v) is 2.55. The third-order valence-electron chi connectivity index (χ3n) is 2.86. The second-order valence-electron chi connectivity index (χ2n) is 4.86. The molecule has 0 aliphatic carbocycles. The molecule has 1 amide bonds. The number of halogens is 2. The third-order valence-corrected chi connectivity index (χ3v) is 3.29. The molecule has 0 spiro atoms. The van der Waals surface area contributed by atoms with Crippen LogP contribution in [0, 0.1) is 0 Å². The topological polar surface area (TPSA) is 32.3 Å². The van der Waals surface area contributed by atoms with Gasteiger partial charge in [0.15, 0.2) is 0 Å². The van der Waals surface area contributed by atoms with E-state index in [4.69, 9.17) is 23.2 Å². The Morgan fingerprint density at radius 3 is 2.33 bits per heavy atom. The Kier molecular flexibility index (Phi) is 5.62. The van der Waals surface area contributed by atoms with Crippen LogP contribution in [0.25, 0.3) is 0 Å². The van der Waals surface area contributed by atoms with Crippen LogP contribution in [0.2, 0.25) is 10.0 Å². The fourth-order valence-electron chi connectivity index (χ4n) is 2.02. The second kappa shape index (κ2) is 7.46. The average Bonchev–Trinajstić information content (AvgIpc) is 2.37. The maximum Gasteiger partial charge on any atom is 0.238 e. The van der Waals surface area contributed by atoms with Crippen molar-refractivity contribution in [2.45, 2.75) is 6.54 Å². The van der Waals surface area contributed by atoms with Crippen molar-refractivity contribution in [2.24, 2.45) is 0 Å². The van der Waals surface area contributed by atoms with Crippen LogP contribution in [0.5, 0.6) is 0 Å². The standard InChI is InChI=1S/C16H16Cl2N2O/c1-20(10-12-5-3-2-4-6-12)11-16(21)19-15-8-13(17)7-14(18)9-15/h2-9H,10-11H2,1H3,(H,19,21). The first-order valence-electron chi connectivity index (χ1n) is 6.51. The van der Waals surface area contributed by atoms with E-state index in [9.17, 15) is 4.79 Å². The Labute approximate surface area is 134 Å². The average molecular weight is 323 g/mol. The lowest BCUT2D eigenvalue weighted by atomic mass is 10.2. The molecule has 0 saturated heterocycles. The molecule has 0 aromatic heterocycles. The molecule has 110 valence electrons. The third kappa shape index (κ3) is 5.38. The van der Waals surface area contributed by atoms with Crippen LogP contribution in [0.3, 0.4) is 0 Å². The number of nitrogens with zero attached hydrogens (tertiary/aromatic N) is 1. The SMILES string of the molecule is CN(CC(=O)Nc1cc(Cl)cc(Cl)c1)Cc1ccccc1. The van der Waals surface area contributed by atoms with Crippen LogP contribution < -0.4 is 5.32 Å². The van der Waals surface area contributed by atoms with Crippen LogP contribution >= 0.6 is 23.2 Å². The maximum absolute atomic E-state index is 12.0. The van der Waals surface area contributed by atoms with Crippen molar-refractivity contribution in [2.75, 3.05) is 18.9 Å². The normalized spacial score (nSPS) is 10.7. The van der Waals surface area contributed by atoms with Crippen molar-refractivity contribution in [1.29, 1.82) is 0 Å². The molecule has 0 aliphatic rings. The molecular weight excluding hydrogens is 307 g/mol. The number of carbonyl (C=O) groups excluding carboxylic acids is 1. The van der Waals surface area contributed by atoms with Gasteiger partial charge in [-0.05, 0) is 30.8 Å². The van der Waals surface area contributed by atoms with Crippen molar-refractivity contribution >= 4 is 34.8 Å². The maximum atomic E-state index is 12.0. The number of rotatable bonds is 5. The number of nitrogens with one attached hydrogen (secondary N) is 1. The predicted octanol–water partition coefficient (Wildman–Crippen LogP) is 4.06. The summed E-state index contributed by atoms with van der Waals surface area (Å²) < 4.78 is 0. The van der Waals surface area contributed by atoms with Gasteiger partial charge >= 0.3 is 0 Å². The van der Waals surface area contributed by atoms with Gasteiger partial charge < -0.3 is 5.32 Å². The van der Waals surface area contributed by atoms with Crippen LogP contribution in [-0.4, -0.2) is 24.4 Å². The molecule has 2 aromatic carbocycles. The molecule has 0 fully saturated rings. The van der Waals surface area contributed by atoms with Gasteiger partial charge in [-0.3, -0.25) is 9.69 Å². The summed E-state index contributed by atoms with van der Waals surface area (Å²) in [4.78, 5) is 13.9. The van der Waals surface area contributed by atoms with Crippen LogP contribution in [0.1, 0.15) is 5.56 Å². The minimum atomic E-state index is -0.105. The quantitative estimate of drug-likeness (QED) is 0.900. The highest BCUT2D eigenvalue weighted by atomic mass is 35.5. The molecule has 0 radical (unpaired) electrons. The van der Waals surface area contributed by atoms with Crippen LogP contribution in [-0.2, 0) is 11.3 Å². The molecular formula is C16H16Cl2N2O. The summed E-state index contributed by atoms with van der Waals surface area (Å²) in [6.45, 7) is 1.00. The minimum absolute atomic E-state index is 0.105. The molecule has 0 atom stereocenters. The Bertz CT molecular complexity index is 597. The zero-order valence-electron chi connectivity index (χ0n) is 11.6. The highest BCUT2D eigenvalue weighted by Crippen LogP contribution is 2.22. The van der Waals surface area contributed by atoms with Gasteiger partial charge in [0.25, 0.3) is 0 Å². The molecule has 1 N–H and O–H groups in total. The summed E-state index contributed by atoms with van der Waals surface area (Å²) >= 11 is 11.8. The van der Waals surface area contributed by atoms with E-state index in [1.807, 2.05) is 42.3 Å². The van der Waals surface area contributed by atoms with Gasteiger partial charge in [0.2, 0.25) is 5.91 Å². The summed E-state index contributed by atoms with van der Waals surface area (Å²) in [5.41, 5.74) is 1.77. The fraction of sp³-hybridized carbons (Fsp3) is 0.188. The van der Waals surface area contributed by atoms with Crippen LogP contribution in [0.15, 0.2) is 48.5 Å². The van der Waals surface area contributed by atoms with Crippen LogP contribution in [0.4, 0.5) is 5.69 Å². The van der Waals surface area contributed by atoms with Gasteiger partial charge in [-0.15, -0.1) is 0 Å². The minimum Gasteiger partial charge on any atom is -0.325 e. The molecule has 2 rings (SSSR count). The lowest BCUT2D eigenvalue weighted by Gasteiger charge is -2.16. The molecule has 0 aliphatic heterocycles. The monoisotopic (exact) mass is 322 g/mol. The molecule has 3 nitrogen and oxygen atoms in total. The number of hydrogen-bond acceptors (Lipinski definition) is 2. The lowest BCUT2D eigenvalue weighted by molar-refractivity contribution is -0.117. The predicted molar refractivity (Wildman–Crippen MR) is 87.9 cm³/mol. The largest absolute Gasteiger partial charge is 0.325 e. The summed E-state index contributed by atoms with van der Waals surface area (Å²) in [5.74, 6) is -0.105. The van der Waals surface area contributed by atoms with Crippen molar-refractivity contribution in [3.63, 3.8) is 0 Å². The van der Waals surface area contributed by atoms with Crippen molar-refractivity contribution in [3.05, 3.63) is 64.1 Å². The first-order chi connectivity index (χ1) is 10.0. The smallest absolute Gasteiger partial charge is 0.238 e. The van der Waals surface area contributed by atoms with E-state index in [0.29, 0.717) is 28.8 Å². The summed E-state index contributed by atoms with van der Waals surface area (Å²) in [6, 6.07) is 15.0. The first kappa shape index (κ1) is 15.8. The molecule has 0 unspecified atom stereocenters. The van der Waals surface area contributed by atoms with Gasteiger partial charge in [0, 0.05) is 22.3 Å². The number of carbonyl (C=O) groups is 1. The van der Waals surface area contributed by atoms with E-state index in [1.165, 1.54) is 5.56 Å². The van der Waals surface area contributed by atoms with Gasteiger partial charge in [0.05, 0.1) is 6.54 Å². The van der Waals surface area contributed by atoms with E-state index < -0.39 is 0 Å². The molecule has 21 heavy (non-hydrogen) atoms. The zero-order chi connectivity index (χ0) is 15.2. The Morgan fingerprint density at radius 1 is 1.10 bits per heavy atom. The molecule has 0 saturated carbocycles. The molecule has 0 heterocycles. The Morgan fingerprint density at radius 2 is 1.71 bits per heavy atom. The summed E-state index contributed by atoms with van der Waals surface area (Å²) in [7, 11) is 1.90. The number of amides is 1. The molecule has 5 heteroatoms. The van der Waals surface area contributed by atoms with Crippen molar-refractivity contribution in [1.82, 2.24) is 4.90 Å². The van der Waals surface area contributed by atoms with E-state index in [1.54, 1.807) is 18.2 Å². The lowest BCUT2D eigenvalue weighted by Crippen LogP contribution is -2.29. The van der Waals surface area contributed by atoms with E-state index in [2.05, 4.69) is 5.32 Å².